The predicted molar refractivity (Wildman–Crippen MR) is 93.7 cm³/mol. The first-order chi connectivity index (χ1) is 10.1. The van der Waals surface area contributed by atoms with Crippen LogP contribution in [0.5, 0.6) is 0 Å². The predicted octanol–water partition coefficient (Wildman–Crippen LogP) is 0.323. The zero-order valence-corrected chi connectivity index (χ0v) is 14.4. The fourth-order valence-corrected chi connectivity index (χ4v) is 3.08. The van der Waals surface area contributed by atoms with Crippen LogP contribution in [0.15, 0.2) is 0 Å². The monoisotopic (exact) mass is 330 g/mol. The summed E-state index contributed by atoms with van der Waals surface area (Å²) >= 11 is 10.3. The van der Waals surface area contributed by atoms with Crippen molar-refractivity contribution in [3.63, 3.8) is 0 Å². The van der Waals surface area contributed by atoms with Gasteiger partial charge in [-0.15, -0.1) is 0 Å². The molecule has 2 atom stereocenters. The molecule has 2 fully saturated rings. The molecule has 0 aromatic rings. The standard InChI is InChI=1S/C13H26N6S2/c1-18-8-14-12(20)16-10(18)6-4-3-5-7-11-17-13(21)15-9-19(11)2/h10-11H,3-9H2,1-2H3,(H2,14,16,20)(H2,15,17,21). The van der Waals surface area contributed by atoms with Crippen LogP contribution in [0.3, 0.4) is 0 Å². The number of nitrogens with one attached hydrogen (secondary N) is 4. The number of nitrogens with zero attached hydrogens (tertiary/aromatic N) is 2. The highest BCUT2D eigenvalue weighted by atomic mass is 32.1. The van der Waals surface area contributed by atoms with Gasteiger partial charge in [-0.05, 0) is 51.4 Å². The van der Waals surface area contributed by atoms with Crippen molar-refractivity contribution in [1.29, 1.82) is 0 Å². The lowest BCUT2D eigenvalue weighted by molar-refractivity contribution is 0.178. The molecule has 4 N–H and O–H groups in total. The highest BCUT2D eigenvalue weighted by molar-refractivity contribution is 7.80. The van der Waals surface area contributed by atoms with Gasteiger partial charge >= 0.3 is 0 Å². The fourth-order valence-electron chi connectivity index (χ4n) is 2.68. The van der Waals surface area contributed by atoms with Gasteiger partial charge in [0.1, 0.15) is 0 Å². The molecule has 6 nitrogen and oxygen atoms in total. The SMILES string of the molecule is CN1CNC(=S)NC1CCCCCC1NC(=S)NCN1C. The number of rotatable bonds is 6. The van der Waals surface area contributed by atoms with Crippen LogP contribution in [0, 0.1) is 0 Å². The number of hydrogen-bond acceptors (Lipinski definition) is 4. The van der Waals surface area contributed by atoms with Crippen molar-refractivity contribution in [3.05, 3.63) is 0 Å². The molecular formula is C13H26N6S2. The van der Waals surface area contributed by atoms with E-state index in [1.807, 2.05) is 0 Å². The van der Waals surface area contributed by atoms with E-state index in [2.05, 4.69) is 45.2 Å². The molecule has 2 aliphatic rings. The second-order valence-corrected chi connectivity index (χ2v) is 6.62. The molecule has 2 aliphatic heterocycles. The number of unbranched alkanes of at least 4 members (excludes halogenated alkanes) is 2. The maximum atomic E-state index is 5.17. The summed E-state index contributed by atoms with van der Waals surface area (Å²) in [5.74, 6) is 0. The average Bonchev–Trinajstić information content (AvgIpc) is 2.45. The van der Waals surface area contributed by atoms with Gasteiger partial charge in [0.25, 0.3) is 0 Å². The Morgan fingerprint density at radius 3 is 1.71 bits per heavy atom. The Labute approximate surface area is 138 Å². The van der Waals surface area contributed by atoms with Crippen molar-refractivity contribution in [2.45, 2.75) is 44.4 Å². The van der Waals surface area contributed by atoms with Crippen molar-refractivity contribution in [2.75, 3.05) is 27.4 Å². The van der Waals surface area contributed by atoms with Crippen LogP contribution in [0.4, 0.5) is 0 Å². The van der Waals surface area contributed by atoms with E-state index < -0.39 is 0 Å². The van der Waals surface area contributed by atoms with Crippen LogP contribution >= 0.6 is 24.4 Å². The van der Waals surface area contributed by atoms with E-state index in [0.717, 1.165) is 36.4 Å². The fraction of sp³-hybridized carbons (Fsp3) is 0.846. The molecule has 2 unspecified atom stereocenters. The third-order valence-electron chi connectivity index (χ3n) is 4.09. The Morgan fingerprint density at radius 1 is 0.857 bits per heavy atom. The van der Waals surface area contributed by atoms with E-state index in [9.17, 15) is 0 Å². The Balaban J connectivity index is 1.59. The van der Waals surface area contributed by atoms with Gasteiger partial charge in [0.15, 0.2) is 10.2 Å². The first-order valence-corrected chi connectivity index (χ1v) is 8.37. The summed E-state index contributed by atoms with van der Waals surface area (Å²) in [6.45, 7) is 1.66. The van der Waals surface area contributed by atoms with Crippen molar-refractivity contribution in [1.82, 2.24) is 31.1 Å². The zero-order valence-electron chi connectivity index (χ0n) is 12.8. The van der Waals surface area contributed by atoms with Crippen LogP contribution in [0.25, 0.3) is 0 Å². The maximum Gasteiger partial charge on any atom is 0.168 e. The average molecular weight is 331 g/mol. The van der Waals surface area contributed by atoms with E-state index in [1.54, 1.807) is 0 Å². The summed E-state index contributed by atoms with van der Waals surface area (Å²) in [5, 5.41) is 14.4. The highest BCUT2D eigenvalue weighted by Crippen LogP contribution is 2.12. The quantitative estimate of drug-likeness (QED) is 0.411. The molecule has 0 aromatic heterocycles. The summed E-state index contributed by atoms with van der Waals surface area (Å²) in [6, 6.07) is 0. The molecule has 0 aliphatic carbocycles. The van der Waals surface area contributed by atoms with Crippen molar-refractivity contribution in [3.8, 4) is 0 Å². The minimum absolute atomic E-state index is 0.367. The molecule has 2 heterocycles. The van der Waals surface area contributed by atoms with Gasteiger partial charge in [-0.2, -0.15) is 0 Å². The third-order valence-corrected chi connectivity index (χ3v) is 4.62. The zero-order chi connectivity index (χ0) is 15.2. The van der Waals surface area contributed by atoms with E-state index in [1.165, 1.54) is 19.3 Å². The molecule has 120 valence electrons. The van der Waals surface area contributed by atoms with Gasteiger partial charge in [0.05, 0.1) is 25.7 Å². The Bertz CT molecular complexity index is 344. The van der Waals surface area contributed by atoms with Crippen LogP contribution in [-0.4, -0.2) is 59.8 Å². The molecule has 2 saturated heterocycles. The second-order valence-electron chi connectivity index (χ2n) is 5.80. The first-order valence-electron chi connectivity index (χ1n) is 7.55. The molecule has 8 heteroatoms. The van der Waals surface area contributed by atoms with Crippen molar-refractivity contribution in [2.24, 2.45) is 0 Å². The van der Waals surface area contributed by atoms with Gasteiger partial charge in [-0.3, -0.25) is 9.80 Å². The molecule has 0 aromatic carbocycles. The molecular weight excluding hydrogens is 304 g/mol. The van der Waals surface area contributed by atoms with E-state index in [0.29, 0.717) is 12.3 Å². The van der Waals surface area contributed by atoms with Gasteiger partial charge in [0.2, 0.25) is 0 Å². The topological polar surface area (TPSA) is 54.6 Å². The molecule has 0 bridgehead atoms. The minimum Gasteiger partial charge on any atom is -0.350 e. The van der Waals surface area contributed by atoms with E-state index in [4.69, 9.17) is 24.4 Å². The van der Waals surface area contributed by atoms with Gasteiger partial charge in [-0.1, -0.05) is 19.3 Å². The maximum absolute atomic E-state index is 5.17. The van der Waals surface area contributed by atoms with Crippen molar-refractivity contribution >= 4 is 34.7 Å². The van der Waals surface area contributed by atoms with Gasteiger partial charge in [-0.25, -0.2) is 0 Å². The van der Waals surface area contributed by atoms with Gasteiger partial charge < -0.3 is 21.3 Å². The second kappa shape index (κ2) is 8.07. The van der Waals surface area contributed by atoms with Gasteiger partial charge in [0, 0.05) is 0 Å². The normalized spacial score (nSPS) is 27.5. The summed E-state index contributed by atoms with van der Waals surface area (Å²) in [6.07, 6.45) is 6.65. The summed E-state index contributed by atoms with van der Waals surface area (Å²) in [5.41, 5.74) is 0. The largest absolute Gasteiger partial charge is 0.350 e. The number of thiocarbonyl (C=S) groups is 2. The van der Waals surface area contributed by atoms with E-state index >= 15 is 0 Å². The lowest BCUT2D eigenvalue weighted by Crippen LogP contribution is -2.59. The van der Waals surface area contributed by atoms with Crippen LogP contribution in [0.2, 0.25) is 0 Å². The Morgan fingerprint density at radius 2 is 1.29 bits per heavy atom. The Hall–Kier alpha value is -0.700. The first kappa shape index (κ1) is 16.7. The van der Waals surface area contributed by atoms with Crippen LogP contribution in [0.1, 0.15) is 32.1 Å². The minimum atomic E-state index is 0.367. The van der Waals surface area contributed by atoms with E-state index in [-0.39, 0.29) is 0 Å². The number of hydrogen-bond donors (Lipinski definition) is 4. The summed E-state index contributed by atoms with van der Waals surface area (Å²) < 4.78 is 0. The van der Waals surface area contributed by atoms with Crippen LogP contribution < -0.4 is 21.3 Å². The lowest BCUT2D eigenvalue weighted by Gasteiger charge is -2.36. The smallest absolute Gasteiger partial charge is 0.168 e. The molecule has 21 heavy (non-hydrogen) atoms. The van der Waals surface area contributed by atoms with Crippen LogP contribution in [-0.2, 0) is 0 Å². The molecule has 0 saturated carbocycles. The molecule has 0 radical (unpaired) electrons. The Kier molecular flexibility index (Phi) is 6.40. The lowest BCUT2D eigenvalue weighted by atomic mass is 10.1. The summed E-state index contributed by atoms with van der Waals surface area (Å²) in [7, 11) is 4.22. The van der Waals surface area contributed by atoms with Crippen molar-refractivity contribution < 1.29 is 0 Å². The molecule has 0 amide bonds. The highest BCUT2D eigenvalue weighted by Gasteiger charge is 2.21. The molecule has 2 rings (SSSR count). The summed E-state index contributed by atoms with van der Waals surface area (Å²) in [4.78, 5) is 4.52. The third kappa shape index (κ3) is 5.21. The molecule has 0 spiro atoms.